The zero-order chi connectivity index (χ0) is 14.0. The number of nitrogens with zero attached hydrogens (tertiary/aromatic N) is 2. The predicted molar refractivity (Wildman–Crippen MR) is 73.2 cm³/mol. The summed E-state index contributed by atoms with van der Waals surface area (Å²) in [5.74, 6) is -0.902. The van der Waals surface area contributed by atoms with Crippen LogP contribution in [0.2, 0.25) is 0 Å². The Bertz CT molecular complexity index is 561. The SMILES string of the molecule is CC(C)(Sc1nc2c(cc1C#N)CCCC2)C(=O)O. The molecule has 2 rings (SSSR count). The second-order valence-corrected chi connectivity index (χ2v) is 6.79. The maximum absolute atomic E-state index is 11.2. The Morgan fingerprint density at radius 1 is 1.47 bits per heavy atom. The fraction of sp³-hybridized carbons (Fsp3) is 0.500. The van der Waals surface area contributed by atoms with E-state index in [0.29, 0.717) is 10.6 Å². The number of thioether (sulfide) groups is 1. The first-order chi connectivity index (χ1) is 8.94. The molecule has 0 saturated heterocycles. The maximum Gasteiger partial charge on any atom is 0.319 e. The Morgan fingerprint density at radius 2 is 2.16 bits per heavy atom. The highest BCUT2D eigenvalue weighted by Gasteiger charge is 2.31. The molecule has 0 unspecified atom stereocenters. The van der Waals surface area contributed by atoms with Crippen LogP contribution in [-0.4, -0.2) is 20.8 Å². The van der Waals surface area contributed by atoms with Crippen molar-refractivity contribution < 1.29 is 9.90 Å². The van der Waals surface area contributed by atoms with Gasteiger partial charge in [-0.3, -0.25) is 4.79 Å². The Labute approximate surface area is 116 Å². The fourth-order valence-electron chi connectivity index (χ4n) is 2.06. The number of rotatable bonds is 3. The van der Waals surface area contributed by atoms with E-state index < -0.39 is 10.7 Å². The van der Waals surface area contributed by atoms with Crippen molar-refractivity contribution in [2.75, 3.05) is 0 Å². The van der Waals surface area contributed by atoms with Crippen molar-refractivity contribution in [3.05, 3.63) is 22.9 Å². The van der Waals surface area contributed by atoms with Crippen molar-refractivity contribution in [2.45, 2.75) is 49.3 Å². The van der Waals surface area contributed by atoms with E-state index in [-0.39, 0.29) is 0 Å². The van der Waals surface area contributed by atoms with Gasteiger partial charge in [-0.15, -0.1) is 0 Å². The van der Waals surface area contributed by atoms with Crippen LogP contribution in [0.3, 0.4) is 0 Å². The first-order valence-electron chi connectivity index (χ1n) is 6.29. The molecule has 1 aromatic heterocycles. The molecule has 100 valence electrons. The minimum atomic E-state index is -0.985. The van der Waals surface area contributed by atoms with E-state index >= 15 is 0 Å². The third-order valence-corrected chi connectivity index (χ3v) is 4.44. The van der Waals surface area contributed by atoms with Crippen molar-refractivity contribution >= 4 is 17.7 Å². The zero-order valence-corrected chi connectivity index (χ0v) is 11.9. The van der Waals surface area contributed by atoms with Crippen LogP contribution in [0, 0.1) is 11.3 Å². The number of pyridine rings is 1. The number of nitriles is 1. The van der Waals surface area contributed by atoms with Gasteiger partial charge < -0.3 is 5.11 Å². The number of fused-ring (bicyclic) bond motifs is 1. The lowest BCUT2D eigenvalue weighted by molar-refractivity contribution is -0.138. The number of hydrogen-bond acceptors (Lipinski definition) is 4. The number of carboxylic acid groups (broad SMARTS) is 1. The van der Waals surface area contributed by atoms with Gasteiger partial charge in [-0.2, -0.15) is 5.26 Å². The maximum atomic E-state index is 11.2. The highest BCUT2D eigenvalue weighted by molar-refractivity contribution is 8.01. The van der Waals surface area contributed by atoms with Gasteiger partial charge in [0.25, 0.3) is 0 Å². The molecule has 0 amide bonds. The van der Waals surface area contributed by atoms with Crippen LogP contribution < -0.4 is 0 Å². The number of aryl methyl sites for hydroxylation is 2. The molecular weight excluding hydrogens is 260 g/mol. The molecular formula is C14H16N2O2S. The van der Waals surface area contributed by atoms with E-state index in [1.807, 2.05) is 6.07 Å². The first kappa shape index (κ1) is 13.9. The van der Waals surface area contributed by atoms with E-state index in [1.165, 1.54) is 0 Å². The summed E-state index contributed by atoms with van der Waals surface area (Å²) in [6, 6.07) is 4.01. The van der Waals surface area contributed by atoms with Crippen molar-refractivity contribution in [3.8, 4) is 6.07 Å². The third kappa shape index (κ3) is 2.90. The molecule has 0 fully saturated rings. The largest absolute Gasteiger partial charge is 0.480 e. The molecule has 1 aliphatic rings. The van der Waals surface area contributed by atoms with Crippen molar-refractivity contribution in [1.29, 1.82) is 5.26 Å². The number of aromatic nitrogens is 1. The number of carbonyl (C=O) groups is 1. The smallest absolute Gasteiger partial charge is 0.319 e. The summed E-state index contributed by atoms with van der Waals surface area (Å²) >= 11 is 1.14. The second-order valence-electron chi connectivity index (χ2n) is 5.18. The molecule has 1 aromatic rings. The van der Waals surface area contributed by atoms with Gasteiger partial charge in [0, 0.05) is 5.69 Å². The summed E-state index contributed by atoms with van der Waals surface area (Å²) in [7, 11) is 0. The Kier molecular flexibility index (Phi) is 3.81. The van der Waals surface area contributed by atoms with Crippen molar-refractivity contribution in [2.24, 2.45) is 0 Å². The van der Waals surface area contributed by atoms with Gasteiger partial charge in [-0.05, 0) is 51.2 Å². The van der Waals surface area contributed by atoms with E-state index in [1.54, 1.807) is 13.8 Å². The van der Waals surface area contributed by atoms with Crippen LogP contribution in [0.4, 0.5) is 0 Å². The van der Waals surface area contributed by atoms with Gasteiger partial charge in [0.2, 0.25) is 0 Å². The van der Waals surface area contributed by atoms with E-state index in [9.17, 15) is 15.2 Å². The third-order valence-electron chi connectivity index (χ3n) is 3.25. The summed E-state index contributed by atoms with van der Waals surface area (Å²) in [5, 5.41) is 18.9. The summed E-state index contributed by atoms with van der Waals surface area (Å²) in [6.07, 6.45) is 4.12. The van der Waals surface area contributed by atoms with Gasteiger partial charge in [0.1, 0.15) is 15.8 Å². The molecule has 1 heterocycles. The van der Waals surface area contributed by atoms with Gasteiger partial charge in [0.05, 0.1) is 5.56 Å². The summed E-state index contributed by atoms with van der Waals surface area (Å²) in [5.41, 5.74) is 2.65. The van der Waals surface area contributed by atoms with Gasteiger partial charge in [-0.1, -0.05) is 11.8 Å². The molecule has 1 N–H and O–H groups in total. The summed E-state index contributed by atoms with van der Waals surface area (Å²) in [6.45, 7) is 3.25. The number of aliphatic carboxylic acids is 1. The van der Waals surface area contributed by atoms with E-state index in [0.717, 1.165) is 48.7 Å². The zero-order valence-electron chi connectivity index (χ0n) is 11.1. The molecule has 19 heavy (non-hydrogen) atoms. The second kappa shape index (κ2) is 5.22. The molecule has 0 aromatic carbocycles. The van der Waals surface area contributed by atoms with Crippen molar-refractivity contribution in [3.63, 3.8) is 0 Å². The Balaban J connectivity index is 2.40. The standard InChI is InChI=1S/C14H16N2O2S/c1-14(2,13(17)18)19-12-10(8-15)7-9-5-3-4-6-11(9)16-12/h7H,3-6H2,1-2H3,(H,17,18). The predicted octanol–water partition coefficient (Wildman–Crippen LogP) is 2.79. The summed E-state index contributed by atoms with van der Waals surface area (Å²) in [4.78, 5) is 15.7. The minimum absolute atomic E-state index is 0.486. The van der Waals surface area contributed by atoms with Crippen molar-refractivity contribution in [1.82, 2.24) is 4.98 Å². The van der Waals surface area contributed by atoms with Gasteiger partial charge >= 0.3 is 5.97 Å². The number of hydrogen-bond donors (Lipinski definition) is 1. The average molecular weight is 276 g/mol. The lowest BCUT2D eigenvalue weighted by Gasteiger charge is -2.21. The molecule has 4 nitrogen and oxygen atoms in total. The Hall–Kier alpha value is -1.54. The van der Waals surface area contributed by atoms with Crippen LogP contribution in [0.1, 0.15) is 43.5 Å². The molecule has 0 spiro atoms. The summed E-state index contributed by atoms with van der Waals surface area (Å²) < 4.78 is -0.985. The van der Waals surface area contributed by atoms with Gasteiger partial charge in [-0.25, -0.2) is 4.98 Å². The highest BCUT2D eigenvalue weighted by atomic mass is 32.2. The van der Waals surface area contributed by atoms with Crippen LogP contribution in [0.15, 0.2) is 11.1 Å². The average Bonchev–Trinajstić information content (AvgIpc) is 2.37. The quantitative estimate of drug-likeness (QED) is 0.859. The highest BCUT2D eigenvalue weighted by Crippen LogP contribution is 2.35. The molecule has 0 bridgehead atoms. The lowest BCUT2D eigenvalue weighted by Crippen LogP contribution is -2.27. The molecule has 0 radical (unpaired) electrons. The Morgan fingerprint density at radius 3 is 2.79 bits per heavy atom. The minimum Gasteiger partial charge on any atom is -0.480 e. The van der Waals surface area contributed by atoms with E-state index in [4.69, 9.17) is 0 Å². The lowest BCUT2D eigenvalue weighted by atomic mass is 9.95. The molecule has 1 aliphatic carbocycles. The molecule has 0 atom stereocenters. The van der Waals surface area contributed by atoms with Crippen LogP contribution in [0.25, 0.3) is 0 Å². The van der Waals surface area contributed by atoms with E-state index in [2.05, 4.69) is 11.1 Å². The molecule has 0 aliphatic heterocycles. The topological polar surface area (TPSA) is 74.0 Å². The van der Waals surface area contributed by atoms with Crippen LogP contribution in [0.5, 0.6) is 0 Å². The number of carboxylic acids is 1. The first-order valence-corrected chi connectivity index (χ1v) is 7.11. The fourth-order valence-corrected chi connectivity index (χ4v) is 3.00. The van der Waals surface area contributed by atoms with Crippen LogP contribution >= 0.6 is 11.8 Å². The molecule has 5 heteroatoms. The van der Waals surface area contributed by atoms with Crippen LogP contribution in [-0.2, 0) is 17.6 Å². The normalized spacial score (nSPS) is 14.6. The molecule has 0 saturated carbocycles. The monoisotopic (exact) mass is 276 g/mol. The van der Waals surface area contributed by atoms with Gasteiger partial charge in [0.15, 0.2) is 0 Å².